The van der Waals surface area contributed by atoms with Crippen LogP contribution in [0.4, 0.5) is 0 Å². The number of nitrogens with one attached hydrogen (secondary N) is 1. The molecule has 12 unspecified atom stereocenters. The highest BCUT2D eigenvalue weighted by atomic mass is 16.7. The van der Waals surface area contributed by atoms with Gasteiger partial charge >= 0.3 is 0 Å². The standard InChI is InChI=1S/C29H47NO3/c1-18-7-10-29(32-15-18)19(2)25-24(33-29)13-23-21-6-5-20-14-28(16-31-17-30-28)12-11-26(20,3)22(21)8-9-27(23,25)4/h18-25,30H,5-17H2,1-4H3. The van der Waals surface area contributed by atoms with Gasteiger partial charge in [0, 0.05) is 17.9 Å². The zero-order valence-corrected chi connectivity index (χ0v) is 21.5. The zero-order chi connectivity index (χ0) is 22.6. The summed E-state index contributed by atoms with van der Waals surface area (Å²) in [7, 11) is 0. The fraction of sp³-hybridized carbons (Fsp3) is 1.00. The summed E-state index contributed by atoms with van der Waals surface area (Å²) in [6, 6.07) is 0. The Kier molecular flexibility index (Phi) is 4.82. The van der Waals surface area contributed by atoms with Crippen molar-refractivity contribution in [3.8, 4) is 0 Å². The van der Waals surface area contributed by atoms with Gasteiger partial charge in [0.2, 0.25) is 0 Å². The minimum atomic E-state index is -0.273. The predicted molar refractivity (Wildman–Crippen MR) is 128 cm³/mol. The van der Waals surface area contributed by atoms with E-state index in [0.717, 1.165) is 50.0 Å². The Bertz CT molecular complexity index is 786. The quantitative estimate of drug-likeness (QED) is 0.503. The topological polar surface area (TPSA) is 39.7 Å². The van der Waals surface area contributed by atoms with E-state index in [0.29, 0.717) is 40.2 Å². The van der Waals surface area contributed by atoms with Crippen LogP contribution >= 0.6 is 0 Å². The lowest BCUT2D eigenvalue weighted by Gasteiger charge is -2.62. The van der Waals surface area contributed by atoms with Gasteiger partial charge in [0.15, 0.2) is 5.79 Å². The Morgan fingerprint density at radius 2 is 1.76 bits per heavy atom. The molecule has 3 heterocycles. The normalized spacial score (nSPS) is 62.2. The summed E-state index contributed by atoms with van der Waals surface area (Å²) < 4.78 is 19.3. The molecule has 0 radical (unpaired) electrons. The van der Waals surface area contributed by atoms with Crippen LogP contribution in [-0.4, -0.2) is 37.4 Å². The Morgan fingerprint density at radius 3 is 2.52 bits per heavy atom. The van der Waals surface area contributed by atoms with E-state index in [9.17, 15) is 0 Å². The van der Waals surface area contributed by atoms with Crippen molar-refractivity contribution in [2.75, 3.05) is 19.9 Å². The van der Waals surface area contributed by atoms with Crippen molar-refractivity contribution in [2.45, 2.75) is 109 Å². The zero-order valence-electron chi connectivity index (χ0n) is 21.5. The van der Waals surface area contributed by atoms with Crippen molar-refractivity contribution in [3.63, 3.8) is 0 Å². The maximum Gasteiger partial charge on any atom is 0.171 e. The van der Waals surface area contributed by atoms with E-state index in [-0.39, 0.29) is 5.79 Å². The third kappa shape index (κ3) is 2.90. The molecular weight excluding hydrogens is 410 g/mol. The summed E-state index contributed by atoms with van der Waals surface area (Å²) >= 11 is 0. The monoisotopic (exact) mass is 457 g/mol. The van der Waals surface area contributed by atoms with Crippen molar-refractivity contribution in [1.29, 1.82) is 0 Å². The molecule has 12 atom stereocenters. The summed E-state index contributed by atoms with van der Waals surface area (Å²) in [5.74, 6) is 5.21. The fourth-order valence-electron chi connectivity index (χ4n) is 11.2. The van der Waals surface area contributed by atoms with Crippen LogP contribution in [0.25, 0.3) is 0 Å². The van der Waals surface area contributed by atoms with Gasteiger partial charge in [-0.05, 0) is 104 Å². The van der Waals surface area contributed by atoms with E-state index in [1.807, 2.05) is 0 Å². The number of hydrogen-bond donors (Lipinski definition) is 1. The largest absolute Gasteiger partial charge is 0.364 e. The summed E-state index contributed by atoms with van der Waals surface area (Å²) in [5.41, 5.74) is 1.27. The van der Waals surface area contributed by atoms with Crippen LogP contribution in [0.15, 0.2) is 0 Å². The Labute approximate surface area is 201 Å². The van der Waals surface area contributed by atoms with Crippen LogP contribution < -0.4 is 5.32 Å². The fourth-order valence-corrected chi connectivity index (χ4v) is 11.2. The lowest BCUT2D eigenvalue weighted by atomic mass is 9.43. The molecule has 1 N–H and O–H groups in total. The van der Waals surface area contributed by atoms with Gasteiger partial charge in [-0.15, -0.1) is 0 Å². The minimum Gasteiger partial charge on any atom is -0.364 e. The number of fused-ring (bicyclic) bond motifs is 7. The van der Waals surface area contributed by atoms with Gasteiger partial charge in [0.05, 0.1) is 26.0 Å². The molecule has 7 aliphatic rings. The Morgan fingerprint density at radius 1 is 0.879 bits per heavy atom. The number of rotatable bonds is 0. The molecule has 4 aliphatic carbocycles. The van der Waals surface area contributed by atoms with Crippen molar-refractivity contribution in [3.05, 3.63) is 0 Å². The molecule has 3 aliphatic heterocycles. The molecule has 0 aromatic carbocycles. The molecule has 7 fully saturated rings. The van der Waals surface area contributed by atoms with Gasteiger partial charge in [0.1, 0.15) is 0 Å². The highest BCUT2D eigenvalue weighted by Crippen LogP contribution is 2.71. The van der Waals surface area contributed by atoms with Crippen LogP contribution in [0.2, 0.25) is 0 Å². The Hall–Kier alpha value is -0.160. The van der Waals surface area contributed by atoms with E-state index >= 15 is 0 Å². The van der Waals surface area contributed by atoms with E-state index in [1.54, 1.807) is 0 Å². The lowest BCUT2D eigenvalue weighted by Crippen LogP contribution is -2.58. The van der Waals surface area contributed by atoms with E-state index in [1.165, 1.54) is 57.8 Å². The molecule has 33 heavy (non-hydrogen) atoms. The molecule has 0 aromatic rings. The maximum absolute atomic E-state index is 6.96. The first-order chi connectivity index (χ1) is 15.8. The average molecular weight is 458 g/mol. The molecule has 0 aromatic heterocycles. The summed E-state index contributed by atoms with van der Waals surface area (Å²) in [5, 5.41) is 3.75. The van der Waals surface area contributed by atoms with Crippen LogP contribution in [-0.2, 0) is 14.2 Å². The van der Waals surface area contributed by atoms with E-state index < -0.39 is 0 Å². The van der Waals surface area contributed by atoms with Crippen molar-refractivity contribution >= 4 is 0 Å². The highest BCUT2D eigenvalue weighted by Gasteiger charge is 2.69. The van der Waals surface area contributed by atoms with E-state index in [4.69, 9.17) is 14.2 Å². The van der Waals surface area contributed by atoms with Crippen molar-refractivity contribution in [2.24, 2.45) is 52.3 Å². The first kappa shape index (κ1) is 22.1. The van der Waals surface area contributed by atoms with Gasteiger partial charge < -0.3 is 14.2 Å². The van der Waals surface area contributed by atoms with Crippen LogP contribution in [0.3, 0.4) is 0 Å². The third-order valence-corrected chi connectivity index (χ3v) is 13.0. The molecule has 3 saturated heterocycles. The first-order valence-electron chi connectivity index (χ1n) is 14.4. The lowest BCUT2D eigenvalue weighted by molar-refractivity contribution is -0.273. The van der Waals surface area contributed by atoms with Crippen LogP contribution in [0.5, 0.6) is 0 Å². The second-order valence-electron chi connectivity index (χ2n) is 14.3. The molecule has 186 valence electrons. The second kappa shape index (κ2) is 7.20. The van der Waals surface area contributed by atoms with Gasteiger partial charge in [-0.2, -0.15) is 0 Å². The van der Waals surface area contributed by atoms with Crippen LogP contribution in [0.1, 0.15) is 91.9 Å². The highest BCUT2D eigenvalue weighted by molar-refractivity contribution is 5.16. The minimum absolute atomic E-state index is 0.273. The summed E-state index contributed by atoms with van der Waals surface area (Å²) in [6.45, 7) is 12.8. The van der Waals surface area contributed by atoms with Gasteiger partial charge in [-0.25, -0.2) is 0 Å². The average Bonchev–Trinajstić information content (AvgIpc) is 3.44. The first-order valence-corrected chi connectivity index (χ1v) is 14.4. The number of hydrogen-bond acceptors (Lipinski definition) is 4. The summed E-state index contributed by atoms with van der Waals surface area (Å²) in [6.07, 6.45) is 13.9. The van der Waals surface area contributed by atoms with Crippen LogP contribution in [0, 0.1) is 52.3 Å². The number of ether oxygens (including phenoxy) is 3. The van der Waals surface area contributed by atoms with E-state index in [2.05, 4.69) is 33.0 Å². The second-order valence-corrected chi connectivity index (χ2v) is 14.3. The molecular formula is C29H47NO3. The predicted octanol–water partition coefficient (Wildman–Crippen LogP) is 5.75. The van der Waals surface area contributed by atoms with Gasteiger partial charge in [-0.3, -0.25) is 5.32 Å². The third-order valence-electron chi connectivity index (χ3n) is 13.0. The Balaban J connectivity index is 1.13. The SMILES string of the molecule is CC1CCC2(OC1)OC1CC3C4CCC5CC6(CCC5(C)C4CCC3(C)C1C2C)COCN6. The van der Waals surface area contributed by atoms with Gasteiger partial charge in [0.25, 0.3) is 0 Å². The maximum atomic E-state index is 6.96. The van der Waals surface area contributed by atoms with Crippen molar-refractivity contribution in [1.82, 2.24) is 5.32 Å². The molecule has 4 nitrogen and oxygen atoms in total. The summed E-state index contributed by atoms with van der Waals surface area (Å²) in [4.78, 5) is 0. The van der Waals surface area contributed by atoms with Crippen molar-refractivity contribution < 1.29 is 14.2 Å². The molecule has 4 heteroatoms. The molecule has 2 spiro atoms. The molecule has 4 saturated carbocycles. The smallest absolute Gasteiger partial charge is 0.171 e. The molecule has 7 rings (SSSR count). The molecule has 0 amide bonds. The van der Waals surface area contributed by atoms with Gasteiger partial charge in [-0.1, -0.05) is 27.7 Å². The molecule has 0 bridgehead atoms.